The third-order valence-electron chi connectivity index (χ3n) is 3.65. The van der Waals surface area contributed by atoms with Crippen molar-refractivity contribution in [1.29, 1.82) is 0 Å². The first-order valence-corrected chi connectivity index (χ1v) is 6.73. The van der Waals surface area contributed by atoms with Crippen LogP contribution in [-0.2, 0) is 4.79 Å². The summed E-state index contributed by atoms with van der Waals surface area (Å²) in [6.07, 6.45) is 5.74. The van der Waals surface area contributed by atoms with Gasteiger partial charge >= 0.3 is 5.97 Å². The topological polar surface area (TPSA) is 66.4 Å². The summed E-state index contributed by atoms with van der Waals surface area (Å²) in [4.78, 5) is 22.8. The van der Waals surface area contributed by atoms with Gasteiger partial charge in [-0.05, 0) is 62.4 Å². The number of amides is 1. The molecule has 20 heavy (non-hydrogen) atoms. The fraction of sp³-hybridized carbons (Fsp3) is 0.375. The van der Waals surface area contributed by atoms with Crippen LogP contribution in [0.15, 0.2) is 24.3 Å². The van der Waals surface area contributed by atoms with E-state index in [1.54, 1.807) is 6.07 Å². The smallest absolute Gasteiger partial charge is 0.328 e. The first-order valence-electron chi connectivity index (χ1n) is 6.73. The van der Waals surface area contributed by atoms with Gasteiger partial charge in [0.1, 0.15) is 0 Å². The minimum absolute atomic E-state index is 0.0854. The van der Waals surface area contributed by atoms with Crippen LogP contribution in [0.4, 0.5) is 0 Å². The molecule has 4 heteroatoms. The number of nitrogens with one attached hydrogen (secondary N) is 1. The van der Waals surface area contributed by atoms with Crippen molar-refractivity contribution < 1.29 is 14.7 Å². The largest absolute Gasteiger partial charge is 0.478 e. The predicted molar refractivity (Wildman–Crippen MR) is 77.6 cm³/mol. The molecule has 4 nitrogen and oxygen atoms in total. The van der Waals surface area contributed by atoms with Gasteiger partial charge < -0.3 is 10.4 Å². The zero-order chi connectivity index (χ0) is 14.8. The second-order valence-corrected chi connectivity index (χ2v) is 5.67. The van der Waals surface area contributed by atoms with Crippen molar-refractivity contribution >= 4 is 18.0 Å². The Morgan fingerprint density at radius 3 is 2.55 bits per heavy atom. The Balaban J connectivity index is 2.18. The van der Waals surface area contributed by atoms with Gasteiger partial charge in [0, 0.05) is 17.2 Å². The average Bonchev–Trinajstić information content (AvgIpc) is 2.33. The number of hydrogen-bond acceptors (Lipinski definition) is 2. The van der Waals surface area contributed by atoms with Crippen molar-refractivity contribution in [3.05, 3.63) is 41.0 Å². The standard InChI is InChI=1S/C16H19NO3/c1-11-8-12(4-5-14(18)19)10-13(9-11)15(20)17-16(2)6-3-7-16/h4-5,8-10H,3,6-7H2,1-2H3,(H,17,20)(H,18,19)/b5-4+. The van der Waals surface area contributed by atoms with Crippen molar-refractivity contribution in [2.75, 3.05) is 0 Å². The fourth-order valence-corrected chi connectivity index (χ4v) is 2.39. The van der Waals surface area contributed by atoms with Crippen molar-refractivity contribution in [3.8, 4) is 0 Å². The number of carbonyl (C=O) groups is 2. The van der Waals surface area contributed by atoms with E-state index in [0.717, 1.165) is 36.5 Å². The van der Waals surface area contributed by atoms with Crippen LogP contribution in [0.25, 0.3) is 6.08 Å². The molecule has 1 aliphatic carbocycles. The number of carbonyl (C=O) groups excluding carboxylic acids is 1. The Labute approximate surface area is 118 Å². The van der Waals surface area contributed by atoms with Crippen LogP contribution >= 0.6 is 0 Å². The second-order valence-electron chi connectivity index (χ2n) is 5.67. The van der Waals surface area contributed by atoms with Crippen LogP contribution in [0.3, 0.4) is 0 Å². The third-order valence-corrected chi connectivity index (χ3v) is 3.65. The van der Waals surface area contributed by atoms with Gasteiger partial charge in [0.15, 0.2) is 0 Å². The van der Waals surface area contributed by atoms with Gasteiger partial charge in [-0.15, -0.1) is 0 Å². The SMILES string of the molecule is Cc1cc(/C=C/C(=O)O)cc(C(=O)NC2(C)CCC2)c1. The molecule has 0 saturated heterocycles. The summed E-state index contributed by atoms with van der Waals surface area (Å²) in [7, 11) is 0. The highest BCUT2D eigenvalue weighted by Crippen LogP contribution is 2.31. The maximum absolute atomic E-state index is 12.2. The summed E-state index contributed by atoms with van der Waals surface area (Å²) in [5, 5.41) is 11.7. The molecular formula is C16H19NO3. The zero-order valence-electron chi connectivity index (χ0n) is 11.8. The lowest BCUT2D eigenvalue weighted by atomic mass is 9.78. The first-order chi connectivity index (χ1) is 9.38. The van der Waals surface area contributed by atoms with E-state index in [2.05, 4.69) is 12.2 Å². The third kappa shape index (κ3) is 3.47. The van der Waals surface area contributed by atoms with E-state index >= 15 is 0 Å². The van der Waals surface area contributed by atoms with E-state index in [4.69, 9.17) is 5.11 Å². The molecule has 0 spiro atoms. The highest BCUT2D eigenvalue weighted by molar-refractivity contribution is 5.96. The van der Waals surface area contributed by atoms with Gasteiger partial charge in [-0.3, -0.25) is 4.79 Å². The van der Waals surface area contributed by atoms with Crippen LogP contribution in [-0.4, -0.2) is 22.5 Å². The highest BCUT2D eigenvalue weighted by atomic mass is 16.4. The number of benzene rings is 1. The Kier molecular flexibility index (Phi) is 3.93. The summed E-state index contributed by atoms with van der Waals surface area (Å²) < 4.78 is 0. The maximum atomic E-state index is 12.2. The fourth-order valence-electron chi connectivity index (χ4n) is 2.39. The van der Waals surface area contributed by atoms with E-state index in [0.29, 0.717) is 5.56 Å². The van der Waals surface area contributed by atoms with E-state index in [-0.39, 0.29) is 11.4 Å². The minimum atomic E-state index is -1.00. The Hall–Kier alpha value is -2.10. The number of aliphatic carboxylic acids is 1. The minimum Gasteiger partial charge on any atom is -0.478 e. The Morgan fingerprint density at radius 1 is 1.30 bits per heavy atom. The molecule has 0 bridgehead atoms. The lowest BCUT2D eigenvalue weighted by molar-refractivity contribution is -0.131. The van der Waals surface area contributed by atoms with Gasteiger partial charge in [0.2, 0.25) is 0 Å². The zero-order valence-corrected chi connectivity index (χ0v) is 11.8. The molecule has 0 aliphatic heterocycles. The molecule has 2 rings (SSSR count). The molecule has 0 unspecified atom stereocenters. The number of aryl methyl sites for hydroxylation is 1. The Bertz CT molecular complexity index is 571. The maximum Gasteiger partial charge on any atom is 0.328 e. The first kappa shape index (κ1) is 14.3. The normalized spacial score (nSPS) is 16.7. The molecular weight excluding hydrogens is 254 g/mol. The van der Waals surface area contributed by atoms with Crippen LogP contribution in [0.1, 0.15) is 47.7 Å². The van der Waals surface area contributed by atoms with Crippen molar-refractivity contribution in [2.24, 2.45) is 0 Å². The van der Waals surface area contributed by atoms with Gasteiger partial charge in [0.05, 0.1) is 0 Å². The molecule has 0 atom stereocenters. The summed E-state index contributed by atoms with van der Waals surface area (Å²) in [5.41, 5.74) is 2.14. The summed E-state index contributed by atoms with van der Waals surface area (Å²) in [6, 6.07) is 5.38. The van der Waals surface area contributed by atoms with Gasteiger partial charge in [-0.2, -0.15) is 0 Å². The molecule has 0 heterocycles. The van der Waals surface area contributed by atoms with Gasteiger partial charge in [-0.25, -0.2) is 4.79 Å². The quantitative estimate of drug-likeness (QED) is 0.829. The number of rotatable bonds is 4. The van der Waals surface area contributed by atoms with Crippen LogP contribution < -0.4 is 5.32 Å². The molecule has 1 fully saturated rings. The molecule has 106 valence electrons. The molecule has 1 aromatic rings. The van der Waals surface area contributed by atoms with E-state index in [9.17, 15) is 9.59 Å². The number of carboxylic acids is 1. The molecule has 1 aliphatic rings. The van der Waals surface area contributed by atoms with Gasteiger partial charge in [-0.1, -0.05) is 6.07 Å². The molecule has 1 saturated carbocycles. The molecule has 2 N–H and O–H groups in total. The number of hydrogen-bond donors (Lipinski definition) is 2. The lowest BCUT2D eigenvalue weighted by Crippen LogP contribution is -2.50. The molecule has 1 aromatic carbocycles. The monoisotopic (exact) mass is 273 g/mol. The summed E-state index contributed by atoms with van der Waals surface area (Å²) in [5.74, 6) is -1.10. The number of carboxylic acid groups (broad SMARTS) is 1. The highest BCUT2D eigenvalue weighted by Gasteiger charge is 2.33. The van der Waals surface area contributed by atoms with E-state index in [1.807, 2.05) is 19.1 Å². The van der Waals surface area contributed by atoms with Gasteiger partial charge in [0.25, 0.3) is 5.91 Å². The van der Waals surface area contributed by atoms with Crippen molar-refractivity contribution in [3.63, 3.8) is 0 Å². The predicted octanol–water partition coefficient (Wildman–Crippen LogP) is 2.77. The summed E-state index contributed by atoms with van der Waals surface area (Å²) in [6.45, 7) is 3.94. The molecule has 0 radical (unpaired) electrons. The van der Waals surface area contributed by atoms with E-state index < -0.39 is 5.97 Å². The average molecular weight is 273 g/mol. The van der Waals surface area contributed by atoms with Crippen LogP contribution in [0, 0.1) is 6.92 Å². The van der Waals surface area contributed by atoms with Crippen LogP contribution in [0.5, 0.6) is 0 Å². The molecule has 0 aromatic heterocycles. The van der Waals surface area contributed by atoms with Crippen molar-refractivity contribution in [1.82, 2.24) is 5.32 Å². The lowest BCUT2D eigenvalue weighted by Gasteiger charge is -2.39. The van der Waals surface area contributed by atoms with Crippen LogP contribution in [0.2, 0.25) is 0 Å². The van der Waals surface area contributed by atoms with Crippen molar-refractivity contribution in [2.45, 2.75) is 38.6 Å². The second kappa shape index (κ2) is 5.49. The van der Waals surface area contributed by atoms with E-state index in [1.165, 1.54) is 6.08 Å². The summed E-state index contributed by atoms with van der Waals surface area (Å²) >= 11 is 0. The molecule has 1 amide bonds. The Morgan fingerprint density at radius 2 is 2.00 bits per heavy atom.